The third-order valence-corrected chi connectivity index (χ3v) is 5.39. The summed E-state index contributed by atoms with van der Waals surface area (Å²) >= 11 is 1.67. The molecule has 2 aromatic rings. The number of carboxylic acids is 1. The van der Waals surface area contributed by atoms with Gasteiger partial charge in [-0.1, -0.05) is 18.2 Å². The summed E-state index contributed by atoms with van der Waals surface area (Å²) in [5.74, 6) is -0.177. The highest BCUT2D eigenvalue weighted by atomic mass is 32.1. The summed E-state index contributed by atoms with van der Waals surface area (Å²) in [6.45, 7) is 8.34. The molecule has 3 rings (SSSR count). The first-order chi connectivity index (χ1) is 12.6. The van der Waals surface area contributed by atoms with Crippen molar-refractivity contribution in [2.75, 3.05) is 32.8 Å². The van der Waals surface area contributed by atoms with Gasteiger partial charge in [-0.2, -0.15) is 0 Å². The highest BCUT2D eigenvalue weighted by Crippen LogP contribution is 2.30. The lowest BCUT2D eigenvalue weighted by atomic mass is 10.0. The number of rotatable bonds is 7. The number of benzene rings is 1. The second kappa shape index (κ2) is 8.62. The molecule has 1 aromatic heterocycles. The van der Waals surface area contributed by atoms with E-state index < -0.39 is 12.0 Å². The van der Waals surface area contributed by atoms with Crippen LogP contribution in [-0.2, 0) is 11.3 Å². The molecular formula is C19H25N3O3S. The zero-order valence-electron chi connectivity index (χ0n) is 15.2. The number of carboxylic acid groups (broad SMARTS) is 1. The fraction of sp³-hybridized carbons (Fsp3) is 0.474. The van der Waals surface area contributed by atoms with Crippen molar-refractivity contribution < 1.29 is 14.6 Å². The van der Waals surface area contributed by atoms with Crippen LogP contribution in [0.25, 0.3) is 0 Å². The van der Waals surface area contributed by atoms with E-state index in [4.69, 9.17) is 4.74 Å². The lowest BCUT2D eigenvalue weighted by molar-refractivity contribution is -0.144. The van der Waals surface area contributed by atoms with Crippen LogP contribution in [0.15, 0.2) is 29.6 Å². The Labute approximate surface area is 158 Å². The van der Waals surface area contributed by atoms with Gasteiger partial charge in [0.15, 0.2) is 0 Å². The molecule has 0 saturated carbocycles. The fourth-order valence-corrected chi connectivity index (χ4v) is 3.97. The van der Waals surface area contributed by atoms with Gasteiger partial charge >= 0.3 is 5.97 Å². The zero-order valence-corrected chi connectivity index (χ0v) is 16.0. The molecule has 1 saturated heterocycles. The van der Waals surface area contributed by atoms with Crippen molar-refractivity contribution in [1.82, 2.24) is 14.8 Å². The molecule has 0 unspecified atom stereocenters. The van der Waals surface area contributed by atoms with E-state index in [1.807, 2.05) is 43.0 Å². The van der Waals surface area contributed by atoms with Crippen LogP contribution in [0, 0.1) is 6.92 Å². The molecular weight excluding hydrogens is 350 g/mol. The molecule has 1 atom stereocenters. The number of carbonyl (C=O) groups is 1. The van der Waals surface area contributed by atoms with Crippen molar-refractivity contribution in [3.63, 3.8) is 0 Å². The summed E-state index contributed by atoms with van der Waals surface area (Å²) in [4.78, 5) is 20.9. The van der Waals surface area contributed by atoms with E-state index in [1.54, 1.807) is 11.3 Å². The minimum atomic E-state index is -0.833. The standard InChI is InChI=1S/C19H25N3O3S/c1-3-25-17-7-5-4-6-16(17)18(19(23)24)22-10-8-21(9-11-22)12-15-13-26-14(2)20-15/h4-7,13,18H,3,8-12H2,1-2H3,(H,23,24)/t18-/m1/s1. The summed E-state index contributed by atoms with van der Waals surface area (Å²) in [5.41, 5.74) is 1.82. The van der Waals surface area contributed by atoms with E-state index in [2.05, 4.69) is 15.3 Å². The van der Waals surface area contributed by atoms with Crippen molar-refractivity contribution in [1.29, 1.82) is 0 Å². The van der Waals surface area contributed by atoms with Gasteiger partial charge in [-0.25, -0.2) is 4.98 Å². The van der Waals surface area contributed by atoms with Crippen LogP contribution in [0.3, 0.4) is 0 Å². The molecule has 1 aliphatic heterocycles. The second-order valence-corrected chi connectivity index (χ2v) is 7.44. The van der Waals surface area contributed by atoms with Crippen molar-refractivity contribution >= 4 is 17.3 Å². The average Bonchev–Trinajstić information content (AvgIpc) is 3.03. The predicted octanol–water partition coefficient (Wildman–Crippen LogP) is 2.79. The minimum absolute atomic E-state index is 0.518. The van der Waals surface area contributed by atoms with Crippen molar-refractivity contribution in [2.45, 2.75) is 26.4 Å². The predicted molar refractivity (Wildman–Crippen MR) is 102 cm³/mol. The summed E-state index contributed by atoms with van der Waals surface area (Å²) in [7, 11) is 0. The van der Waals surface area contributed by atoms with Crippen LogP contribution < -0.4 is 4.74 Å². The van der Waals surface area contributed by atoms with Crippen molar-refractivity contribution in [3.8, 4) is 5.75 Å². The Bertz CT molecular complexity index is 741. The van der Waals surface area contributed by atoms with E-state index in [0.717, 1.165) is 35.9 Å². The first kappa shape index (κ1) is 18.8. The zero-order chi connectivity index (χ0) is 18.5. The summed E-state index contributed by atoms with van der Waals surface area (Å²) < 4.78 is 5.65. The van der Waals surface area contributed by atoms with Gasteiger partial charge < -0.3 is 9.84 Å². The van der Waals surface area contributed by atoms with E-state index in [0.29, 0.717) is 25.4 Å². The Morgan fingerprint density at radius 1 is 1.31 bits per heavy atom. The number of piperazine rings is 1. The lowest BCUT2D eigenvalue weighted by Gasteiger charge is -2.37. The molecule has 0 aliphatic carbocycles. The van der Waals surface area contributed by atoms with Gasteiger partial charge in [0.1, 0.15) is 11.8 Å². The molecule has 6 nitrogen and oxygen atoms in total. The second-order valence-electron chi connectivity index (χ2n) is 6.38. The van der Waals surface area contributed by atoms with Crippen LogP contribution >= 0.6 is 11.3 Å². The molecule has 7 heteroatoms. The topological polar surface area (TPSA) is 65.9 Å². The molecule has 0 amide bonds. The van der Waals surface area contributed by atoms with Gasteiger partial charge in [0.25, 0.3) is 0 Å². The molecule has 140 valence electrons. The Morgan fingerprint density at radius 2 is 2.04 bits per heavy atom. The normalized spacial score (nSPS) is 17.2. The number of aliphatic carboxylic acids is 1. The molecule has 0 radical (unpaired) electrons. The smallest absolute Gasteiger partial charge is 0.325 e. The Kier molecular flexibility index (Phi) is 6.24. The molecule has 1 fully saturated rings. The minimum Gasteiger partial charge on any atom is -0.494 e. The third kappa shape index (κ3) is 4.41. The van der Waals surface area contributed by atoms with Crippen LogP contribution in [0.5, 0.6) is 5.75 Å². The first-order valence-corrected chi connectivity index (χ1v) is 9.78. The quantitative estimate of drug-likeness (QED) is 0.803. The van der Waals surface area contributed by atoms with Crippen molar-refractivity contribution in [2.24, 2.45) is 0 Å². The summed E-state index contributed by atoms with van der Waals surface area (Å²) in [6, 6.07) is 6.76. The van der Waals surface area contributed by atoms with E-state index in [-0.39, 0.29) is 0 Å². The fourth-order valence-electron chi connectivity index (χ4n) is 3.37. The van der Waals surface area contributed by atoms with Crippen LogP contribution in [-0.4, -0.2) is 58.6 Å². The monoisotopic (exact) mass is 375 g/mol. The maximum atomic E-state index is 12.0. The first-order valence-electron chi connectivity index (χ1n) is 8.90. The van der Waals surface area contributed by atoms with Crippen LogP contribution in [0.1, 0.15) is 29.2 Å². The van der Waals surface area contributed by atoms with Gasteiger partial charge in [0, 0.05) is 43.7 Å². The molecule has 1 aliphatic rings. The van der Waals surface area contributed by atoms with Gasteiger partial charge in [0.2, 0.25) is 0 Å². The summed E-state index contributed by atoms with van der Waals surface area (Å²) in [6.07, 6.45) is 0. The van der Waals surface area contributed by atoms with E-state index in [9.17, 15) is 9.90 Å². The van der Waals surface area contributed by atoms with E-state index >= 15 is 0 Å². The summed E-state index contributed by atoms with van der Waals surface area (Å²) in [5, 5.41) is 13.0. The van der Waals surface area contributed by atoms with E-state index in [1.165, 1.54) is 0 Å². The Balaban J connectivity index is 1.68. The van der Waals surface area contributed by atoms with Gasteiger partial charge in [-0.05, 0) is 19.9 Å². The molecule has 1 aromatic carbocycles. The third-order valence-electron chi connectivity index (χ3n) is 4.57. The highest BCUT2D eigenvalue weighted by molar-refractivity contribution is 7.09. The van der Waals surface area contributed by atoms with Crippen LogP contribution in [0.2, 0.25) is 0 Å². The average molecular weight is 375 g/mol. The number of nitrogens with zero attached hydrogens (tertiary/aromatic N) is 3. The molecule has 0 spiro atoms. The number of hydrogen-bond donors (Lipinski definition) is 1. The van der Waals surface area contributed by atoms with Crippen LogP contribution in [0.4, 0.5) is 0 Å². The molecule has 2 heterocycles. The number of thiazole rings is 1. The molecule has 0 bridgehead atoms. The number of para-hydroxylation sites is 1. The Morgan fingerprint density at radius 3 is 2.65 bits per heavy atom. The highest BCUT2D eigenvalue weighted by Gasteiger charge is 2.32. The maximum absolute atomic E-state index is 12.0. The van der Waals surface area contributed by atoms with Gasteiger partial charge in [-0.15, -0.1) is 11.3 Å². The van der Waals surface area contributed by atoms with Gasteiger partial charge in [-0.3, -0.25) is 14.6 Å². The number of aromatic nitrogens is 1. The largest absolute Gasteiger partial charge is 0.494 e. The van der Waals surface area contributed by atoms with Crippen molar-refractivity contribution in [3.05, 3.63) is 45.9 Å². The number of aryl methyl sites for hydroxylation is 1. The molecule has 26 heavy (non-hydrogen) atoms. The molecule has 1 N–H and O–H groups in total. The number of ether oxygens (including phenoxy) is 1. The SMILES string of the molecule is CCOc1ccccc1[C@H](C(=O)O)N1CCN(Cc2csc(C)n2)CC1. The number of hydrogen-bond acceptors (Lipinski definition) is 6. The van der Waals surface area contributed by atoms with Gasteiger partial charge in [0.05, 0.1) is 17.3 Å². The lowest BCUT2D eigenvalue weighted by Crippen LogP contribution is -2.48. The maximum Gasteiger partial charge on any atom is 0.325 e. The Hall–Kier alpha value is -1.96.